The van der Waals surface area contributed by atoms with Gasteiger partial charge in [-0.25, -0.2) is 0 Å². The molecule has 3 heteroatoms. The largest absolute Gasteiger partial charge is 0.497 e. The van der Waals surface area contributed by atoms with Crippen molar-refractivity contribution >= 4 is 0 Å². The lowest BCUT2D eigenvalue weighted by molar-refractivity contribution is 0.258. The molecule has 1 fully saturated rings. The molecule has 1 N–H and O–H groups in total. The first kappa shape index (κ1) is 16.3. The Bertz CT molecular complexity index is 404. The van der Waals surface area contributed by atoms with Crippen LogP contribution in [0.4, 0.5) is 0 Å². The Kier molecular flexibility index (Phi) is 6.52. The van der Waals surface area contributed by atoms with Gasteiger partial charge in [-0.1, -0.05) is 31.9 Å². The molecule has 2 unspecified atom stereocenters. The Balaban J connectivity index is 1.67. The van der Waals surface area contributed by atoms with E-state index in [9.17, 15) is 0 Å². The minimum Gasteiger partial charge on any atom is -0.497 e. The Hall–Kier alpha value is -1.06. The van der Waals surface area contributed by atoms with Crippen molar-refractivity contribution in [2.75, 3.05) is 27.2 Å². The number of nitrogens with zero attached hydrogens (tertiary/aromatic N) is 1. The second kappa shape index (κ2) is 8.40. The molecular weight excluding hydrogens is 260 g/mol. The summed E-state index contributed by atoms with van der Waals surface area (Å²) in [5.41, 5.74) is 1.34. The van der Waals surface area contributed by atoms with E-state index in [0.717, 1.165) is 37.3 Å². The molecule has 1 saturated carbocycles. The van der Waals surface area contributed by atoms with Crippen molar-refractivity contribution in [3.05, 3.63) is 29.8 Å². The van der Waals surface area contributed by atoms with Crippen LogP contribution in [0.5, 0.6) is 5.75 Å². The standard InChI is InChI=1S/C18H30N2O/c1-15-6-4-5-7-18(15)19-12-13-20(2)14-16-8-10-17(21-3)11-9-16/h8-11,15,18-19H,4-7,12-14H2,1-3H3. The van der Waals surface area contributed by atoms with E-state index >= 15 is 0 Å². The van der Waals surface area contributed by atoms with Crippen molar-refractivity contribution in [1.82, 2.24) is 10.2 Å². The molecule has 0 radical (unpaired) electrons. The van der Waals surface area contributed by atoms with Crippen LogP contribution in [0, 0.1) is 5.92 Å². The second-order valence-electron chi connectivity index (χ2n) is 6.41. The molecule has 2 atom stereocenters. The van der Waals surface area contributed by atoms with Crippen LogP contribution in [0.2, 0.25) is 0 Å². The molecule has 0 aliphatic heterocycles. The highest BCUT2D eigenvalue weighted by Gasteiger charge is 2.20. The van der Waals surface area contributed by atoms with E-state index in [-0.39, 0.29) is 0 Å². The van der Waals surface area contributed by atoms with Crippen molar-refractivity contribution < 1.29 is 4.74 Å². The van der Waals surface area contributed by atoms with Crippen LogP contribution in [0.3, 0.4) is 0 Å². The number of ether oxygens (including phenoxy) is 1. The van der Waals surface area contributed by atoms with E-state index in [1.54, 1.807) is 7.11 Å². The zero-order valence-corrected chi connectivity index (χ0v) is 13.8. The Morgan fingerprint density at radius 3 is 2.57 bits per heavy atom. The molecule has 3 nitrogen and oxygen atoms in total. The minimum atomic E-state index is 0.730. The Morgan fingerprint density at radius 2 is 1.90 bits per heavy atom. The second-order valence-corrected chi connectivity index (χ2v) is 6.41. The van der Waals surface area contributed by atoms with Crippen molar-refractivity contribution in [2.45, 2.75) is 45.2 Å². The van der Waals surface area contributed by atoms with Crippen LogP contribution in [0.15, 0.2) is 24.3 Å². The minimum absolute atomic E-state index is 0.730. The molecule has 1 aliphatic carbocycles. The zero-order chi connectivity index (χ0) is 15.1. The van der Waals surface area contributed by atoms with Gasteiger partial charge >= 0.3 is 0 Å². The highest BCUT2D eigenvalue weighted by Crippen LogP contribution is 2.23. The molecule has 1 aromatic carbocycles. The van der Waals surface area contributed by atoms with Crippen LogP contribution in [0.25, 0.3) is 0 Å². The predicted octanol–water partition coefficient (Wildman–Crippen LogP) is 3.30. The number of likely N-dealkylation sites (N-methyl/N-ethyl adjacent to an activating group) is 1. The van der Waals surface area contributed by atoms with E-state index < -0.39 is 0 Å². The molecule has 1 aromatic rings. The molecule has 2 rings (SSSR count). The average Bonchev–Trinajstić information content (AvgIpc) is 2.50. The van der Waals surface area contributed by atoms with Crippen molar-refractivity contribution in [3.8, 4) is 5.75 Å². The summed E-state index contributed by atoms with van der Waals surface area (Å²) in [5, 5.41) is 3.74. The topological polar surface area (TPSA) is 24.5 Å². The number of benzene rings is 1. The molecule has 0 aromatic heterocycles. The summed E-state index contributed by atoms with van der Waals surface area (Å²) >= 11 is 0. The fourth-order valence-corrected chi connectivity index (χ4v) is 3.18. The van der Waals surface area contributed by atoms with E-state index in [2.05, 4.69) is 36.3 Å². The number of nitrogens with one attached hydrogen (secondary N) is 1. The monoisotopic (exact) mass is 290 g/mol. The predicted molar refractivity (Wildman–Crippen MR) is 88.8 cm³/mol. The number of rotatable bonds is 7. The van der Waals surface area contributed by atoms with E-state index in [4.69, 9.17) is 4.74 Å². The number of hydrogen-bond acceptors (Lipinski definition) is 3. The average molecular weight is 290 g/mol. The molecule has 0 saturated heterocycles. The Morgan fingerprint density at radius 1 is 1.19 bits per heavy atom. The normalized spacial score (nSPS) is 22.5. The lowest BCUT2D eigenvalue weighted by atomic mass is 9.86. The first-order valence-corrected chi connectivity index (χ1v) is 8.24. The summed E-state index contributed by atoms with van der Waals surface area (Å²) in [6, 6.07) is 9.09. The van der Waals surface area contributed by atoms with Crippen LogP contribution < -0.4 is 10.1 Å². The summed E-state index contributed by atoms with van der Waals surface area (Å²) in [6.07, 6.45) is 5.54. The van der Waals surface area contributed by atoms with E-state index in [1.165, 1.54) is 31.2 Å². The van der Waals surface area contributed by atoms with E-state index in [0.29, 0.717) is 0 Å². The van der Waals surface area contributed by atoms with E-state index in [1.807, 2.05) is 12.1 Å². The quantitative estimate of drug-likeness (QED) is 0.834. The lowest BCUT2D eigenvalue weighted by Crippen LogP contribution is -2.40. The Labute approximate surface area is 129 Å². The van der Waals surface area contributed by atoms with Gasteiger partial charge in [0.25, 0.3) is 0 Å². The molecule has 0 amide bonds. The van der Waals surface area contributed by atoms with Gasteiger partial charge < -0.3 is 15.0 Å². The fraction of sp³-hybridized carbons (Fsp3) is 0.667. The van der Waals surface area contributed by atoms with Crippen LogP contribution in [-0.2, 0) is 6.54 Å². The van der Waals surface area contributed by atoms with Gasteiger partial charge in [0, 0.05) is 25.7 Å². The summed E-state index contributed by atoms with van der Waals surface area (Å²) < 4.78 is 5.19. The third kappa shape index (κ3) is 5.33. The number of hydrogen-bond donors (Lipinski definition) is 1. The third-order valence-corrected chi connectivity index (χ3v) is 4.62. The maximum atomic E-state index is 5.19. The molecule has 0 bridgehead atoms. The van der Waals surface area contributed by atoms with Crippen LogP contribution >= 0.6 is 0 Å². The highest BCUT2D eigenvalue weighted by molar-refractivity contribution is 5.27. The SMILES string of the molecule is COc1ccc(CN(C)CCNC2CCCCC2C)cc1. The molecule has 0 spiro atoms. The highest BCUT2D eigenvalue weighted by atomic mass is 16.5. The van der Waals surface area contributed by atoms with Gasteiger partial charge in [0.1, 0.15) is 5.75 Å². The van der Waals surface area contributed by atoms with Gasteiger partial charge in [0.15, 0.2) is 0 Å². The first-order valence-electron chi connectivity index (χ1n) is 8.24. The summed E-state index contributed by atoms with van der Waals surface area (Å²) in [4.78, 5) is 2.38. The van der Waals surface area contributed by atoms with Crippen molar-refractivity contribution in [2.24, 2.45) is 5.92 Å². The third-order valence-electron chi connectivity index (χ3n) is 4.62. The van der Waals surface area contributed by atoms with Crippen LogP contribution in [-0.4, -0.2) is 38.2 Å². The maximum Gasteiger partial charge on any atom is 0.118 e. The van der Waals surface area contributed by atoms with Crippen molar-refractivity contribution in [1.29, 1.82) is 0 Å². The fourth-order valence-electron chi connectivity index (χ4n) is 3.18. The molecule has 21 heavy (non-hydrogen) atoms. The summed E-state index contributed by atoms with van der Waals surface area (Å²) in [6.45, 7) is 5.56. The van der Waals surface area contributed by atoms with Gasteiger partial charge in [-0.3, -0.25) is 0 Å². The van der Waals surface area contributed by atoms with Gasteiger partial charge in [-0.15, -0.1) is 0 Å². The van der Waals surface area contributed by atoms with Gasteiger partial charge in [0.2, 0.25) is 0 Å². The van der Waals surface area contributed by atoms with Gasteiger partial charge in [-0.05, 0) is 43.5 Å². The smallest absolute Gasteiger partial charge is 0.118 e. The van der Waals surface area contributed by atoms with Crippen LogP contribution in [0.1, 0.15) is 38.2 Å². The molecule has 1 aliphatic rings. The lowest BCUT2D eigenvalue weighted by Gasteiger charge is -2.30. The molecule has 0 heterocycles. The number of methoxy groups -OCH3 is 1. The van der Waals surface area contributed by atoms with Gasteiger partial charge in [0.05, 0.1) is 7.11 Å². The van der Waals surface area contributed by atoms with Crippen molar-refractivity contribution in [3.63, 3.8) is 0 Å². The molecular formula is C18H30N2O. The van der Waals surface area contributed by atoms with Gasteiger partial charge in [-0.2, -0.15) is 0 Å². The first-order chi connectivity index (χ1) is 10.2. The zero-order valence-electron chi connectivity index (χ0n) is 13.8. The molecule has 118 valence electrons. The maximum absolute atomic E-state index is 5.19. The summed E-state index contributed by atoms with van der Waals surface area (Å²) in [7, 11) is 3.90. The summed E-state index contributed by atoms with van der Waals surface area (Å²) in [5.74, 6) is 1.76.